The molecule has 2 aromatic rings. The molecule has 0 aliphatic rings. The molecule has 0 radical (unpaired) electrons. The van der Waals surface area contributed by atoms with Gasteiger partial charge in [0.1, 0.15) is 29.6 Å². The Morgan fingerprint density at radius 3 is 2.60 bits per heavy atom. The van der Waals surface area contributed by atoms with E-state index >= 15 is 0 Å². The summed E-state index contributed by atoms with van der Waals surface area (Å²) in [6.45, 7) is -0.229. The van der Waals surface area contributed by atoms with Crippen LogP contribution in [-0.2, 0) is 6.61 Å². The third-order valence-electron chi connectivity index (χ3n) is 2.59. The third kappa shape index (κ3) is 3.05. The molecular weight excluding hydrogens is 290 g/mol. The van der Waals surface area contributed by atoms with Gasteiger partial charge in [0.05, 0.1) is 0 Å². The van der Waals surface area contributed by atoms with Gasteiger partial charge in [-0.3, -0.25) is 0 Å². The second-order valence-corrected chi connectivity index (χ2v) is 4.38. The number of aromatic carboxylic acids is 1. The molecule has 0 saturated carbocycles. The quantitative estimate of drug-likeness (QED) is 0.931. The first-order valence-corrected chi connectivity index (χ1v) is 5.95. The number of halogens is 3. The van der Waals surface area contributed by atoms with Crippen molar-refractivity contribution in [3.8, 4) is 5.75 Å². The van der Waals surface area contributed by atoms with Crippen LogP contribution in [0.3, 0.4) is 0 Å². The number of carboxylic acids is 1. The van der Waals surface area contributed by atoms with Gasteiger partial charge in [-0.1, -0.05) is 23.7 Å². The van der Waals surface area contributed by atoms with Gasteiger partial charge in [-0.05, 0) is 24.3 Å². The van der Waals surface area contributed by atoms with Crippen LogP contribution in [0, 0.1) is 11.6 Å². The molecule has 2 rings (SSSR count). The molecule has 0 atom stereocenters. The Kier molecular flexibility index (Phi) is 4.20. The van der Waals surface area contributed by atoms with Gasteiger partial charge in [-0.15, -0.1) is 0 Å². The SMILES string of the molecule is O=C(O)c1c(F)cccc1OCc1ccc(Cl)cc1F. The minimum absolute atomic E-state index is 0.160. The van der Waals surface area contributed by atoms with Gasteiger partial charge in [-0.25, -0.2) is 13.6 Å². The first-order valence-electron chi connectivity index (χ1n) is 5.57. The largest absolute Gasteiger partial charge is 0.488 e. The lowest BCUT2D eigenvalue weighted by Gasteiger charge is -2.10. The topological polar surface area (TPSA) is 46.5 Å². The maximum absolute atomic E-state index is 13.5. The minimum atomic E-state index is -1.45. The van der Waals surface area contributed by atoms with Gasteiger partial charge >= 0.3 is 5.97 Å². The number of hydrogen-bond acceptors (Lipinski definition) is 2. The lowest BCUT2D eigenvalue weighted by molar-refractivity contribution is 0.0686. The molecule has 1 N–H and O–H groups in total. The highest BCUT2D eigenvalue weighted by Crippen LogP contribution is 2.23. The third-order valence-corrected chi connectivity index (χ3v) is 2.82. The maximum atomic E-state index is 13.5. The normalized spacial score (nSPS) is 10.3. The second-order valence-electron chi connectivity index (χ2n) is 3.94. The smallest absolute Gasteiger partial charge is 0.342 e. The van der Waals surface area contributed by atoms with Crippen LogP contribution < -0.4 is 4.74 Å². The number of ether oxygens (including phenoxy) is 1. The minimum Gasteiger partial charge on any atom is -0.488 e. The number of hydrogen-bond donors (Lipinski definition) is 1. The fourth-order valence-corrected chi connectivity index (χ4v) is 1.79. The Morgan fingerprint density at radius 1 is 1.20 bits per heavy atom. The van der Waals surface area contributed by atoms with Crippen molar-refractivity contribution in [3.63, 3.8) is 0 Å². The average molecular weight is 299 g/mol. The molecule has 104 valence electrons. The van der Waals surface area contributed by atoms with Gasteiger partial charge in [0.2, 0.25) is 0 Å². The standard InChI is InChI=1S/C14H9ClF2O3/c15-9-5-4-8(11(17)6-9)7-20-12-3-1-2-10(16)13(12)14(18)19/h1-6H,7H2,(H,18,19). The molecule has 20 heavy (non-hydrogen) atoms. The zero-order valence-corrected chi connectivity index (χ0v) is 10.8. The summed E-state index contributed by atoms with van der Waals surface area (Å²) in [6.07, 6.45) is 0. The average Bonchev–Trinajstić information content (AvgIpc) is 2.37. The van der Waals surface area contributed by atoms with Crippen molar-refractivity contribution in [1.29, 1.82) is 0 Å². The Hall–Kier alpha value is -2.14. The van der Waals surface area contributed by atoms with E-state index in [1.54, 1.807) is 0 Å². The maximum Gasteiger partial charge on any atom is 0.342 e. The van der Waals surface area contributed by atoms with E-state index in [0.29, 0.717) is 0 Å². The van der Waals surface area contributed by atoms with Gasteiger partial charge < -0.3 is 9.84 Å². The Morgan fingerprint density at radius 2 is 1.95 bits per heavy atom. The summed E-state index contributed by atoms with van der Waals surface area (Å²) in [6, 6.07) is 7.64. The van der Waals surface area contributed by atoms with E-state index < -0.39 is 23.2 Å². The molecular formula is C14H9ClF2O3. The van der Waals surface area contributed by atoms with E-state index in [1.165, 1.54) is 24.3 Å². The van der Waals surface area contributed by atoms with Crippen molar-refractivity contribution in [2.45, 2.75) is 6.61 Å². The molecule has 0 amide bonds. The molecule has 0 aliphatic heterocycles. The summed E-state index contributed by atoms with van der Waals surface area (Å²) >= 11 is 5.61. The fourth-order valence-electron chi connectivity index (χ4n) is 1.63. The van der Waals surface area contributed by atoms with Crippen molar-refractivity contribution in [2.24, 2.45) is 0 Å². The zero-order valence-electron chi connectivity index (χ0n) is 10.1. The number of benzene rings is 2. The molecule has 6 heteroatoms. The molecule has 0 saturated heterocycles. The van der Waals surface area contributed by atoms with Crippen molar-refractivity contribution < 1.29 is 23.4 Å². The highest BCUT2D eigenvalue weighted by Gasteiger charge is 2.17. The van der Waals surface area contributed by atoms with Crippen LogP contribution in [0.25, 0.3) is 0 Å². The van der Waals surface area contributed by atoms with Gasteiger partial charge in [0.25, 0.3) is 0 Å². The highest BCUT2D eigenvalue weighted by atomic mass is 35.5. The van der Waals surface area contributed by atoms with E-state index in [4.69, 9.17) is 21.4 Å². The lowest BCUT2D eigenvalue weighted by atomic mass is 10.2. The Bertz CT molecular complexity index is 659. The van der Waals surface area contributed by atoms with Crippen LogP contribution in [0.15, 0.2) is 36.4 Å². The van der Waals surface area contributed by atoms with Crippen molar-refractivity contribution in [2.75, 3.05) is 0 Å². The highest BCUT2D eigenvalue weighted by molar-refractivity contribution is 6.30. The summed E-state index contributed by atoms with van der Waals surface area (Å²) < 4.78 is 32.1. The summed E-state index contributed by atoms with van der Waals surface area (Å²) in [5.74, 6) is -3.10. The first-order chi connectivity index (χ1) is 9.49. The molecule has 0 fully saturated rings. The van der Waals surface area contributed by atoms with Gasteiger partial charge in [0.15, 0.2) is 0 Å². The second kappa shape index (κ2) is 5.88. The molecule has 3 nitrogen and oxygen atoms in total. The van der Waals surface area contributed by atoms with Crippen molar-refractivity contribution >= 4 is 17.6 Å². The zero-order chi connectivity index (χ0) is 14.7. The predicted molar refractivity (Wildman–Crippen MR) is 69.1 cm³/mol. The van der Waals surface area contributed by atoms with Crippen molar-refractivity contribution in [1.82, 2.24) is 0 Å². The molecule has 2 aromatic carbocycles. The van der Waals surface area contributed by atoms with E-state index in [2.05, 4.69) is 0 Å². The fraction of sp³-hybridized carbons (Fsp3) is 0.0714. The molecule has 0 heterocycles. The molecule has 0 bridgehead atoms. The van der Waals surface area contributed by atoms with E-state index in [-0.39, 0.29) is 22.9 Å². The first kappa shape index (κ1) is 14.3. The van der Waals surface area contributed by atoms with Crippen LogP contribution in [0.5, 0.6) is 5.75 Å². The van der Waals surface area contributed by atoms with E-state index in [9.17, 15) is 13.6 Å². The van der Waals surface area contributed by atoms with Crippen LogP contribution >= 0.6 is 11.6 Å². The Balaban J connectivity index is 2.23. The molecule has 0 aliphatic carbocycles. The van der Waals surface area contributed by atoms with Gasteiger partial charge in [0, 0.05) is 10.6 Å². The lowest BCUT2D eigenvalue weighted by Crippen LogP contribution is -2.06. The summed E-state index contributed by atoms with van der Waals surface area (Å²) in [7, 11) is 0. The summed E-state index contributed by atoms with van der Waals surface area (Å²) in [4.78, 5) is 11.0. The predicted octanol–water partition coefficient (Wildman–Crippen LogP) is 3.90. The summed E-state index contributed by atoms with van der Waals surface area (Å²) in [5, 5.41) is 9.16. The van der Waals surface area contributed by atoms with Gasteiger partial charge in [-0.2, -0.15) is 0 Å². The molecule has 0 unspecified atom stereocenters. The van der Waals surface area contributed by atoms with Crippen LogP contribution in [0.4, 0.5) is 8.78 Å². The summed E-state index contributed by atoms with van der Waals surface area (Å²) in [5.41, 5.74) is -0.392. The molecule has 0 spiro atoms. The number of rotatable bonds is 4. The van der Waals surface area contributed by atoms with Crippen molar-refractivity contribution in [3.05, 3.63) is 64.2 Å². The number of carbonyl (C=O) groups is 1. The molecule has 0 aromatic heterocycles. The van der Waals surface area contributed by atoms with E-state index in [0.717, 1.165) is 12.1 Å². The van der Waals surface area contributed by atoms with Crippen LogP contribution in [0.1, 0.15) is 15.9 Å². The number of carboxylic acid groups (broad SMARTS) is 1. The van der Waals surface area contributed by atoms with Crippen LogP contribution in [0.2, 0.25) is 5.02 Å². The van der Waals surface area contributed by atoms with Crippen LogP contribution in [-0.4, -0.2) is 11.1 Å². The van der Waals surface area contributed by atoms with E-state index in [1.807, 2.05) is 0 Å². The Labute approximate surface area is 118 Å². The monoisotopic (exact) mass is 298 g/mol.